The minimum Gasteiger partial charge on any atom is -0.457 e. The van der Waals surface area contributed by atoms with E-state index in [1.807, 2.05) is 25.1 Å². The molecule has 0 aliphatic rings. The van der Waals surface area contributed by atoms with E-state index in [2.05, 4.69) is 0 Å². The molecule has 0 aliphatic carbocycles. The van der Waals surface area contributed by atoms with Gasteiger partial charge in [0.2, 0.25) is 0 Å². The van der Waals surface area contributed by atoms with E-state index in [0.717, 1.165) is 0 Å². The number of aryl methyl sites for hydroxylation is 1. The summed E-state index contributed by atoms with van der Waals surface area (Å²) in [7, 11) is 0. The first-order valence-electron chi connectivity index (χ1n) is 6.72. The van der Waals surface area contributed by atoms with Gasteiger partial charge in [0.25, 0.3) is 5.69 Å². The maximum atomic E-state index is 10.7. The van der Waals surface area contributed by atoms with E-state index in [0.29, 0.717) is 29.0 Å². The monoisotopic (exact) mass is 287 g/mol. The van der Waals surface area contributed by atoms with Crippen molar-refractivity contribution in [2.75, 3.05) is 0 Å². The van der Waals surface area contributed by atoms with Gasteiger partial charge in [-0.3, -0.25) is 10.1 Å². The Morgan fingerprint density at radius 3 is 2.57 bits per heavy atom. The van der Waals surface area contributed by atoms with Crippen LogP contribution in [0, 0.1) is 17.0 Å². The van der Waals surface area contributed by atoms with E-state index in [1.54, 1.807) is 19.1 Å². The van der Waals surface area contributed by atoms with Crippen LogP contribution in [-0.4, -0.2) is 10.0 Å². The van der Waals surface area contributed by atoms with Crippen molar-refractivity contribution in [3.63, 3.8) is 0 Å². The Morgan fingerprint density at radius 2 is 1.95 bits per heavy atom. The van der Waals surface area contributed by atoms with E-state index < -0.39 is 11.0 Å². The van der Waals surface area contributed by atoms with Gasteiger partial charge < -0.3 is 9.84 Å². The highest BCUT2D eigenvalue weighted by Crippen LogP contribution is 2.33. The zero-order valence-electron chi connectivity index (χ0n) is 11.9. The summed E-state index contributed by atoms with van der Waals surface area (Å²) in [5, 5.41) is 20.7. The van der Waals surface area contributed by atoms with Crippen LogP contribution in [-0.2, 0) is 0 Å². The summed E-state index contributed by atoms with van der Waals surface area (Å²) in [6.07, 6.45) is -0.0147. The summed E-state index contributed by atoms with van der Waals surface area (Å²) >= 11 is 0. The fourth-order valence-corrected chi connectivity index (χ4v) is 2.05. The number of non-ortho nitro benzene ring substituents is 1. The number of nitro groups is 1. The zero-order valence-corrected chi connectivity index (χ0v) is 11.9. The summed E-state index contributed by atoms with van der Waals surface area (Å²) in [6, 6.07) is 11.7. The van der Waals surface area contributed by atoms with Crippen LogP contribution < -0.4 is 4.74 Å². The maximum absolute atomic E-state index is 10.7. The SMILES string of the molecule is CC[C@@H](O)c1ccccc1Oc1ccc([N+](=O)[O-])cc1C. The molecule has 0 spiro atoms. The highest BCUT2D eigenvalue weighted by molar-refractivity contribution is 5.46. The van der Waals surface area contributed by atoms with Crippen molar-refractivity contribution >= 4 is 5.69 Å². The number of rotatable bonds is 5. The van der Waals surface area contributed by atoms with Crippen molar-refractivity contribution in [2.24, 2.45) is 0 Å². The molecule has 1 atom stereocenters. The van der Waals surface area contributed by atoms with Crippen LogP contribution >= 0.6 is 0 Å². The smallest absolute Gasteiger partial charge is 0.269 e. The van der Waals surface area contributed by atoms with Crippen LogP contribution in [0.15, 0.2) is 42.5 Å². The second-order valence-corrected chi connectivity index (χ2v) is 4.77. The number of ether oxygens (including phenoxy) is 1. The van der Waals surface area contributed by atoms with Gasteiger partial charge in [-0.15, -0.1) is 0 Å². The predicted molar refractivity (Wildman–Crippen MR) is 79.6 cm³/mol. The van der Waals surface area contributed by atoms with Gasteiger partial charge in [0.05, 0.1) is 11.0 Å². The molecule has 21 heavy (non-hydrogen) atoms. The second-order valence-electron chi connectivity index (χ2n) is 4.77. The fourth-order valence-electron chi connectivity index (χ4n) is 2.05. The molecule has 0 unspecified atom stereocenters. The molecular formula is C16H17NO4. The van der Waals surface area contributed by atoms with Crippen LogP contribution in [0.25, 0.3) is 0 Å². The molecule has 2 aromatic carbocycles. The third-order valence-electron chi connectivity index (χ3n) is 3.25. The normalized spacial score (nSPS) is 12.0. The van der Waals surface area contributed by atoms with E-state index >= 15 is 0 Å². The first-order valence-corrected chi connectivity index (χ1v) is 6.72. The Kier molecular flexibility index (Phi) is 4.55. The Labute approximate surface area is 123 Å². The van der Waals surface area contributed by atoms with Crippen LogP contribution in [0.2, 0.25) is 0 Å². The molecule has 0 saturated heterocycles. The van der Waals surface area contributed by atoms with Gasteiger partial charge in [0.15, 0.2) is 0 Å². The molecule has 2 aromatic rings. The minimum absolute atomic E-state index is 0.0294. The summed E-state index contributed by atoms with van der Waals surface area (Å²) < 4.78 is 5.82. The van der Waals surface area contributed by atoms with Crippen LogP contribution in [0.5, 0.6) is 11.5 Å². The van der Waals surface area contributed by atoms with Crippen molar-refractivity contribution in [2.45, 2.75) is 26.4 Å². The Balaban J connectivity index is 2.33. The molecule has 2 rings (SSSR count). The number of nitro benzene ring substituents is 1. The van der Waals surface area contributed by atoms with Gasteiger partial charge in [-0.05, 0) is 31.0 Å². The molecule has 0 aliphatic heterocycles. The number of aliphatic hydroxyl groups is 1. The first-order chi connectivity index (χ1) is 10.0. The van der Waals surface area contributed by atoms with Gasteiger partial charge in [-0.1, -0.05) is 25.1 Å². The number of benzene rings is 2. The minimum atomic E-state index is -0.598. The molecule has 0 saturated carbocycles. The Morgan fingerprint density at radius 1 is 1.24 bits per heavy atom. The van der Waals surface area contributed by atoms with Gasteiger partial charge in [0.1, 0.15) is 11.5 Å². The Hall–Kier alpha value is -2.40. The molecular weight excluding hydrogens is 270 g/mol. The standard InChI is InChI=1S/C16H17NO4/c1-3-14(18)13-6-4-5-7-16(13)21-15-9-8-12(17(19)20)10-11(15)2/h4-10,14,18H,3H2,1-2H3/t14-/m1/s1. The average Bonchev–Trinajstić information content (AvgIpc) is 2.49. The fraction of sp³-hybridized carbons (Fsp3) is 0.250. The Bertz CT molecular complexity index is 654. The summed E-state index contributed by atoms with van der Waals surface area (Å²) in [5.74, 6) is 1.10. The van der Waals surface area contributed by atoms with Crippen LogP contribution in [0.3, 0.4) is 0 Å². The van der Waals surface area contributed by atoms with Crippen molar-refractivity contribution < 1.29 is 14.8 Å². The largest absolute Gasteiger partial charge is 0.457 e. The lowest BCUT2D eigenvalue weighted by atomic mass is 10.1. The molecule has 5 heteroatoms. The van der Waals surface area contributed by atoms with Gasteiger partial charge in [-0.25, -0.2) is 0 Å². The second kappa shape index (κ2) is 6.37. The topological polar surface area (TPSA) is 72.6 Å². The summed E-state index contributed by atoms with van der Waals surface area (Å²) in [4.78, 5) is 10.3. The van der Waals surface area contributed by atoms with E-state index in [1.165, 1.54) is 12.1 Å². The van der Waals surface area contributed by atoms with E-state index in [9.17, 15) is 15.2 Å². The predicted octanol–water partition coefficient (Wildman–Crippen LogP) is 4.14. The van der Waals surface area contributed by atoms with Crippen LogP contribution in [0.4, 0.5) is 5.69 Å². The van der Waals surface area contributed by atoms with Crippen molar-refractivity contribution in [1.29, 1.82) is 0 Å². The van der Waals surface area contributed by atoms with E-state index in [-0.39, 0.29) is 5.69 Å². The van der Waals surface area contributed by atoms with Crippen molar-refractivity contribution in [3.8, 4) is 11.5 Å². The number of nitrogens with zero attached hydrogens (tertiary/aromatic N) is 1. The van der Waals surface area contributed by atoms with Crippen molar-refractivity contribution in [1.82, 2.24) is 0 Å². The number of aliphatic hydroxyl groups excluding tert-OH is 1. The lowest BCUT2D eigenvalue weighted by molar-refractivity contribution is -0.384. The van der Waals surface area contributed by atoms with Crippen LogP contribution in [0.1, 0.15) is 30.6 Å². The number of hydrogen-bond acceptors (Lipinski definition) is 4. The van der Waals surface area contributed by atoms with Gasteiger partial charge in [-0.2, -0.15) is 0 Å². The average molecular weight is 287 g/mol. The highest BCUT2D eigenvalue weighted by Gasteiger charge is 2.14. The third kappa shape index (κ3) is 3.38. The maximum Gasteiger partial charge on any atom is 0.269 e. The van der Waals surface area contributed by atoms with Crippen molar-refractivity contribution in [3.05, 3.63) is 63.7 Å². The van der Waals surface area contributed by atoms with Gasteiger partial charge in [0, 0.05) is 17.7 Å². The molecule has 0 aromatic heterocycles. The molecule has 1 N–H and O–H groups in total. The molecule has 0 heterocycles. The molecule has 0 fully saturated rings. The molecule has 110 valence electrons. The summed E-state index contributed by atoms with van der Waals surface area (Å²) in [5.41, 5.74) is 1.41. The number of para-hydroxylation sites is 1. The summed E-state index contributed by atoms with van der Waals surface area (Å²) in [6.45, 7) is 3.64. The molecule has 0 radical (unpaired) electrons. The quantitative estimate of drug-likeness (QED) is 0.662. The number of hydrogen-bond donors (Lipinski definition) is 1. The van der Waals surface area contributed by atoms with E-state index in [4.69, 9.17) is 4.74 Å². The lowest BCUT2D eigenvalue weighted by Crippen LogP contribution is -1.99. The molecule has 0 amide bonds. The molecule has 5 nitrogen and oxygen atoms in total. The first kappa shape index (κ1) is 15.0. The van der Waals surface area contributed by atoms with Gasteiger partial charge >= 0.3 is 0 Å². The zero-order chi connectivity index (χ0) is 15.4. The lowest BCUT2D eigenvalue weighted by Gasteiger charge is -2.15. The third-order valence-corrected chi connectivity index (χ3v) is 3.25. The highest BCUT2D eigenvalue weighted by atomic mass is 16.6. The molecule has 0 bridgehead atoms.